The molecular formula is C31H34N4O4S. The largest absolute Gasteiger partial charge is 0.465 e. The van der Waals surface area contributed by atoms with E-state index in [1.807, 2.05) is 48.7 Å². The van der Waals surface area contributed by atoms with Crippen LogP contribution >= 0.6 is 11.3 Å². The summed E-state index contributed by atoms with van der Waals surface area (Å²) in [4.78, 5) is 33.9. The fourth-order valence-electron chi connectivity index (χ4n) is 4.70. The van der Waals surface area contributed by atoms with Gasteiger partial charge < -0.3 is 20.1 Å². The molecule has 2 aromatic carbocycles. The fourth-order valence-corrected chi connectivity index (χ4v) is 5.79. The molecule has 2 N–H and O–H groups in total. The maximum absolute atomic E-state index is 13.1. The van der Waals surface area contributed by atoms with Crippen LogP contribution in [0.3, 0.4) is 0 Å². The van der Waals surface area contributed by atoms with E-state index in [2.05, 4.69) is 48.4 Å². The van der Waals surface area contributed by atoms with Gasteiger partial charge in [-0.05, 0) is 34.6 Å². The predicted molar refractivity (Wildman–Crippen MR) is 160 cm³/mol. The zero-order valence-electron chi connectivity index (χ0n) is 23.2. The van der Waals surface area contributed by atoms with E-state index in [-0.39, 0.29) is 5.41 Å². The number of hydrogen-bond donors (Lipinski definition) is 2. The number of amides is 2. The SMILES string of the molecule is COC(=O)c1sc(C(C)(C)C)cc1NC(=O)Nc1ccc(-c2ccc(CN3CCOCC3)nc2)c2ccccc12. The number of nitrogens with one attached hydrogen (secondary N) is 2. The van der Waals surface area contributed by atoms with Crippen LogP contribution in [0.2, 0.25) is 0 Å². The van der Waals surface area contributed by atoms with Crippen molar-refractivity contribution in [2.75, 3.05) is 44.0 Å². The first-order valence-corrected chi connectivity index (χ1v) is 14.1. The van der Waals surface area contributed by atoms with E-state index in [0.717, 1.165) is 65.3 Å². The molecular weight excluding hydrogens is 524 g/mol. The van der Waals surface area contributed by atoms with E-state index in [4.69, 9.17) is 14.5 Å². The number of rotatable bonds is 6. The Bertz CT molecular complexity index is 1520. The molecule has 1 aliphatic rings. The van der Waals surface area contributed by atoms with Crippen LogP contribution in [-0.4, -0.2) is 55.3 Å². The number of esters is 1. The molecule has 3 heterocycles. The highest BCUT2D eigenvalue weighted by molar-refractivity contribution is 7.14. The molecule has 5 rings (SSSR count). The third kappa shape index (κ3) is 6.17. The molecule has 0 saturated carbocycles. The highest BCUT2D eigenvalue weighted by Crippen LogP contribution is 2.37. The van der Waals surface area contributed by atoms with Gasteiger partial charge in [0.2, 0.25) is 0 Å². The van der Waals surface area contributed by atoms with Crippen LogP contribution in [0.25, 0.3) is 21.9 Å². The third-order valence-electron chi connectivity index (χ3n) is 6.89. The van der Waals surface area contributed by atoms with Crippen molar-refractivity contribution in [2.45, 2.75) is 32.7 Å². The molecule has 9 heteroatoms. The average molecular weight is 559 g/mol. The molecule has 1 aliphatic heterocycles. The van der Waals surface area contributed by atoms with Crippen LogP contribution in [0.15, 0.2) is 60.8 Å². The van der Waals surface area contributed by atoms with Gasteiger partial charge in [-0.15, -0.1) is 11.3 Å². The molecule has 2 amide bonds. The van der Waals surface area contributed by atoms with Crippen LogP contribution in [0.5, 0.6) is 0 Å². The van der Waals surface area contributed by atoms with Crippen molar-refractivity contribution in [2.24, 2.45) is 0 Å². The van der Waals surface area contributed by atoms with Crippen LogP contribution in [0, 0.1) is 0 Å². The summed E-state index contributed by atoms with van der Waals surface area (Å²) in [6, 6.07) is 17.4. The first-order chi connectivity index (χ1) is 19.2. The molecule has 0 bridgehead atoms. The lowest BCUT2D eigenvalue weighted by atomic mass is 9.94. The minimum atomic E-state index is -0.477. The summed E-state index contributed by atoms with van der Waals surface area (Å²) < 4.78 is 10.4. The Morgan fingerprint density at radius 3 is 2.40 bits per heavy atom. The Morgan fingerprint density at radius 2 is 1.73 bits per heavy atom. The van der Waals surface area contributed by atoms with Gasteiger partial charge in [0.05, 0.1) is 37.4 Å². The summed E-state index contributed by atoms with van der Waals surface area (Å²) in [5.41, 5.74) is 3.99. The number of aromatic nitrogens is 1. The second-order valence-corrected chi connectivity index (χ2v) is 11.9. The van der Waals surface area contributed by atoms with Gasteiger partial charge >= 0.3 is 12.0 Å². The van der Waals surface area contributed by atoms with Crippen molar-refractivity contribution in [1.29, 1.82) is 0 Å². The molecule has 0 unspecified atom stereocenters. The number of carbonyl (C=O) groups is 2. The number of hydrogen-bond acceptors (Lipinski definition) is 7. The van der Waals surface area contributed by atoms with E-state index in [1.165, 1.54) is 18.4 Å². The molecule has 1 fully saturated rings. The van der Waals surface area contributed by atoms with E-state index in [9.17, 15) is 9.59 Å². The third-order valence-corrected chi connectivity index (χ3v) is 8.43. The van der Waals surface area contributed by atoms with Gasteiger partial charge in [-0.3, -0.25) is 9.88 Å². The molecule has 2 aromatic heterocycles. The number of methoxy groups -OCH3 is 1. The lowest BCUT2D eigenvalue weighted by Crippen LogP contribution is -2.35. The smallest absolute Gasteiger partial charge is 0.350 e. The summed E-state index contributed by atoms with van der Waals surface area (Å²) in [6.45, 7) is 10.4. The number of ether oxygens (including phenoxy) is 2. The van der Waals surface area contributed by atoms with E-state index in [1.54, 1.807) is 0 Å². The first kappa shape index (κ1) is 27.8. The van der Waals surface area contributed by atoms with Gasteiger partial charge in [0, 0.05) is 41.7 Å². The maximum atomic E-state index is 13.1. The topological polar surface area (TPSA) is 92.8 Å². The highest BCUT2D eigenvalue weighted by atomic mass is 32.1. The molecule has 4 aromatic rings. The number of nitrogens with zero attached hydrogens (tertiary/aromatic N) is 2. The standard InChI is InChI=1S/C31H34N4O4S/c1-31(2,3)27-17-26(28(40-27)29(36)38-4)34-30(37)33-25-12-11-22(23-7-5-6-8-24(23)25)20-9-10-21(32-18-20)19-35-13-15-39-16-14-35/h5-12,17-18H,13-16,19H2,1-4H3,(H2,33,34,37). The Hall–Kier alpha value is -3.79. The first-order valence-electron chi connectivity index (χ1n) is 13.3. The average Bonchev–Trinajstić information content (AvgIpc) is 3.38. The molecule has 0 radical (unpaired) electrons. The van der Waals surface area contributed by atoms with Crippen molar-refractivity contribution in [3.63, 3.8) is 0 Å². The van der Waals surface area contributed by atoms with E-state index < -0.39 is 12.0 Å². The van der Waals surface area contributed by atoms with Gasteiger partial charge in [-0.1, -0.05) is 57.2 Å². The number of urea groups is 1. The fraction of sp³-hybridized carbons (Fsp3) is 0.323. The zero-order chi connectivity index (χ0) is 28.3. The molecule has 208 valence electrons. The highest BCUT2D eigenvalue weighted by Gasteiger charge is 2.24. The second kappa shape index (κ2) is 11.8. The number of fused-ring (bicyclic) bond motifs is 1. The number of morpholine rings is 1. The number of pyridine rings is 1. The molecule has 0 aliphatic carbocycles. The van der Waals surface area contributed by atoms with E-state index in [0.29, 0.717) is 16.3 Å². The minimum absolute atomic E-state index is 0.175. The molecule has 40 heavy (non-hydrogen) atoms. The van der Waals surface area contributed by atoms with Crippen molar-refractivity contribution in [1.82, 2.24) is 9.88 Å². The lowest BCUT2D eigenvalue weighted by Gasteiger charge is -2.26. The Balaban J connectivity index is 1.37. The number of thiophene rings is 1. The molecule has 8 nitrogen and oxygen atoms in total. The monoisotopic (exact) mass is 558 g/mol. The molecule has 0 atom stereocenters. The summed E-state index contributed by atoms with van der Waals surface area (Å²) in [5, 5.41) is 7.73. The van der Waals surface area contributed by atoms with Gasteiger partial charge in [0.1, 0.15) is 4.88 Å². The summed E-state index contributed by atoms with van der Waals surface area (Å²) in [5.74, 6) is -0.477. The summed E-state index contributed by atoms with van der Waals surface area (Å²) in [6.07, 6.45) is 1.91. The number of carbonyl (C=O) groups excluding carboxylic acids is 2. The molecule has 0 spiro atoms. The quantitative estimate of drug-likeness (QED) is 0.262. The normalized spacial score (nSPS) is 14.2. The van der Waals surface area contributed by atoms with Crippen molar-refractivity contribution >= 4 is 45.5 Å². The van der Waals surface area contributed by atoms with Crippen molar-refractivity contribution < 1.29 is 19.1 Å². The summed E-state index contributed by atoms with van der Waals surface area (Å²) in [7, 11) is 1.34. The van der Waals surface area contributed by atoms with Crippen LogP contribution in [0.1, 0.15) is 41.0 Å². The zero-order valence-corrected chi connectivity index (χ0v) is 24.1. The Labute approximate surface area is 238 Å². The number of benzene rings is 2. The Kier molecular flexibility index (Phi) is 8.16. The second-order valence-electron chi connectivity index (χ2n) is 10.8. The maximum Gasteiger partial charge on any atom is 0.350 e. The van der Waals surface area contributed by atoms with Gasteiger partial charge in [0.25, 0.3) is 0 Å². The lowest BCUT2D eigenvalue weighted by molar-refractivity contribution is 0.0336. The van der Waals surface area contributed by atoms with Gasteiger partial charge in [-0.25, -0.2) is 9.59 Å². The summed E-state index contributed by atoms with van der Waals surface area (Å²) >= 11 is 1.33. The van der Waals surface area contributed by atoms with Crippen molar-refractivity contribution in [3.05, 3.63) is 76.2 Å². The van der Waals surface area contributed by atoms with Crippen LogP contribution in [0.4, 0.5) is 16.2 Å². The van der Waals surface area contributed by atoms with Crippen LogP contribution < -0.4 is 10.6 Å². The van der Waals surface area contributed by atoms with Gasteiger partial charge in [0.15, 0.2) is 0 Å². The minimum Gasteiger partial charge on any atom is -0.465 e. The van der Waals surface area contributed by atoms with E-state index >= 15 is 0 Å². The van der Waals surface area contributed by atoms with Crippen LogP contribution in [-0.2, 0) is 21.4 Å². The number of anilines is 2. The predicted octanol–water partition coefficient (Wildman–Crippen LogP) is 6.52. The van der Waals surface area contributed by atoms with Gasteiger partial charge in [-0.2, -0.15) is 0 Å². The molecule has 1 saturated heterocycles. The Morgan fingerprint density at radius 1 is 1.00 bits per heavy atom. The van der Waals surface area contributed by atoms with Crippen molar-refractivity contribution in [3.8, 4) is 11.1 Å².